The zero-order chi connectivity index (χ0) is 7.82. The van der Waals surface area contributed by atoms with Gasteiger partial charge in [-0.25, -0.2) is 0 Å². The van der Waals surface area contributed by atoms with E-state index in [1.807, 2.05) is 13.8 Å². The standard InChI is InChI=1S/C7H15IO2/c1-3-9-7(2)10-6-4-5-8/h7H,3-6H2,1-2H3/t7-/m1/s1. The van der Waals surface area contributed by atoms with Crippen molar-refractivity contribution < 1.29 is 9.47 Å². The predicted molar refractivity (Wildman–Crippen MR) is 50.5 cm³/mol. The second-order valence-corrected chi connectivity index (χ2v) is 3.02. The monoisotopic (exact) mass is 258 g/mol. The smallest absolute Gasteiger partial charge is 0.154 e. The minimum atomic E-state index is -0.0343. The van der Waals surface area contributed by atoms with E-state index in [9.17, 15) is 0 Å². The normalized spacial score (nSPS) is 13.5. The second-order valence-electron chi connectivity index (χ2n) is 1.94. The molecule has 0 aliphatic heterocycles. The maximum atomic E-state index is 5.30. The predicted octanol–water partition coefficient (Wildman–Crippen LogP) is 2.21. The molecule has 2 nitrogen and oxygen atoms in total. The van der Waals surface area contributed by atoms with Crippen molar-refractivity contribution in [1.29, 1.82) is 0 Å². The zero-order valence-electron chi connectivity index (χ0n) is 6.60. The minimum absolute atomic E-state index is 0.0343. The summed E-state index contributed by atoms with van der Waals surface area (Å²) >= 11 is 2.33. The molecule has 10 heavy (non-hydrogen) atoms. The highest BCUT2D eigenvalue weighted by molar-refractivity contribution is 14.1. The molecule has 3 heteroatoms. The first kappa shape index (κ1) is 10.7. The summed E-state index contributed by atoms with van der Waals surface area (Å²) in [5, 5.41) is 0. The van der Waals surface area contributed by atoms with Crippen LogP contribution in [-0.2, 0) is 9.47 Å². The van der Waals surface area contributed by atoms with Crippen LogP contribution in [0.25, 0.3) is 0 Å². The van der Waals surface area contributed by atoms with Gasteiger partial charge in [0.15, 0.2) is 6.29 Å². The fourth-order valence-electron chi connectivity index (χ4n) is 0.587. The zero-order valence-corrected chi connectivity index (χ0v) is 8.76. The molecule has 0 fully saturated rings. The van der Waals surface area contributed by atoms with Crippen molar-refractivity contribution in [3.05, 3.63) is 0 Å². The maximum Gasteiger partial charge on any atom is 0.154 e. The fourth-order valence-corrected chi connectivity index (χ4v) is 0.898. The Morgan fingerprint density at radius 3 is 2.60 bits per heavy atom. The van der Waals surface area contributed by atoms with Gasteiger partial charge in [0.2, 0.25) is 0 Å². The quantitative estimate of drug-likeness (QED) is 0.315. The number of rotatable bonds is 6. The van der Waals surface area contributed by atoms with Crippen LogP contribution in [0.15, 0.2) is 0 Å². The Morgan fingerprint density at radius 2 is 2.10 bits per heavy atom. The Balaban J connectivity index is 2.97. The molecule has 0 aliphatic carbocycles. The van der Waals surface area contributed by atoms with E-state index < -0.39 is 0 Å². The summed E-state index contributed by atoms with van der Waals surface area (Å²) in [5.74, 6) is 0. The van der Waals surface area contributed by atoms with Crippen molar-refractivity contribution in [2.45, 2.75) is 26.6 Å². The minimum Gasteiger partial charge on any atom is -0.353 e. The molecular weight excluding hydrogens is 243 g/mol. The molecule has 0 spiro atoms. The molecule has 1 atom stereocenters. The first-order valence-electron chi connectivity index (χ1n) is 3.60. The lowest BCUT2D eigenvalue weighted by molar-refractivity contribution is -0.126. The van der Waals surface area contributed by atoms with Crippen molar-refractivity contribution in [2.75, 3.05) is 17.6 Å². The van der Waals surface area contributed by atoms with Crippen LogP contribution in [0.3, 0.4) is 0 Å². The summed E-state index contributed by atoms with van der Waals surface area (Å²) in [5.41, 5.74) is 0. The van der Waals surface area contributed by atoms with Gasteiger partial charge < -0.3 is 9.47 Å². The van der Waals surface area contributed by atoms with Crippen molar-refractivity contribution >= 4 is 22.6 Å². The molecule has 0 aromatic heterocycles. The first-order chi connectivity index (χ1) is 4.81. The Morgan fingerprint density at radius 1 is 1.40 bits per heavy atom. The van der Waals surface area contributed by atoms with E-state index in [0.29, 0.717) is 0 Å². The summed E-state index contributed by atoms with van der Waals surface area (Å²) < 4.78 is 11.6. The lowest BCUT2D eigenvalue weighted by Gasteiger charge is -2.11. The van der Waals surface area contributed by atoms with Gasteiger partial charge in [-0.1, -0.05) is 22.6 Å². The second kappa shape index (κ2) is 7.75. The van der Waals surface area contributed by atoms with Crippen molar-refractivity contribution in [2.24, 2.45) is 0 Å². The average Bonchev–Trinajstić information content (AvgIpc) is 1.89. The molecule has 0 saturated heterocycles. The Hall–Kier alpha value is 0.650. The highest BCUT2D eigenvalue weighted by Gasteiger charge is 1.97. The number of hydrogen-bond acceptors (Lipinski definition) is 2. The van der Waals surface area contributed by atoms with Gasteiger partial charge in [-0.05, 0) is 20.3 Å². The molecule has 0 aromatic carbocycles. The summed E-state index contributed by atoms with van der Waals surface area (Å²) in [6.07, 6.45) is 1.07. The average molecular weight is 258 g/mol. The van der Waals surface area contributed by atoms with E-state index in [-0.39, 0.29) is 6.29 Å². The molecule has 0 saturated carbocycles. The van der Waals surface area contributed by atoms with Crippen LogP contribution in [0.1, 0.15) is 20.3 Å². The molecule has 0 heterocycles. The van der Waals surface area contributed by atoms with Gasteiger partial charge in [-0.3, -0.25) is 0 Å². The van der Waals surface area contributed by atoms with Crippen LogP contribution in [0.2, 0.25) is 0 Å². The lowest BCUT2D eigenvalue weighted by atomic mass is 10.5. The SMILES string of the molecule is CCO[C@@H](C)OCCCI. The van der Waals surface area contributed by atoms with Gasteiger partial charge in [-0.2, -0.15) is 0 Å². The van der Waals surface area contributed by atoms with Crippen LogP contribution in [-0.4, -0.2) is 23.9 Å². The van der Waals surface area contributed by atoms with Crippen LogP contribution in [0.4, 0.5) is 0 Å². The third-order valence-electron chi connectivity index (χ3n) is 1.03. The Labute approximate surface area is 76.4 Å². The first-order valence-corrected chi connectivity index (χ1v) is 5.13. The third kappa shape index (κ3) is 6.77. The Kier molecular flexibility index (Phi) is 8.26. The molecule has 0 unspecified atom stereocenters. The molecule has 0 aromatic rings. The summed E-state index contributed by atoms with van der Waals surface area (Å²) in [6, 6.07) is 0. The molecule has 0 rings (SSSR count). The lowest BCUT2D eigenvalue weighted by Crippen LogP contribution is -2.13. The molecule has 0 bridgehead atoms. The van der Waals surface area contributed by atoms with E-state index in [2.05, 4.69) is 22.6 Å². The molecule has 0 N–H and O–H groups in total. The van der Waals surface area contributed by atoms with E-state index in [1.165, 1.54) is 0 Å². The van der Waals surface area contributed by atoms with Gasteiger partial charge in [0, 0.05) is 11.0 Å². The van der Waals surface area contributed by atoms with Gasteiger partial charge in [0.25, 0.3) is 0 Å². The van der Waals surface area contributed by atoms with Gasteiger partial charge in [-0.15, -0.1) is 0 Å². The van der Waals surface area contributed by atoms with Crippen LogP contribution < -0.4 is 0 Å². The van der Waals surface area contributed by atoms with E-state index in [1.54, 1.807) is 0 Å². The topological polar surface area (TPSA) is 18.5 Å². The van der Waals surface area contributed by atoms with Crippen molar-refractivity contribution in [3.63, 3.8) is 0 Å². The molecule has 0 amide bonds. The van der Waals surface area contributed by atoms with Gasteiger partial charge in [0.05, 0.1) is 6.61 Å². The molecule has 62 valence electrons. The summed E-state index contributed by atoms with van der Waals surface area (Å²) in [6.45, 7) is 5.43. The highest BCUT2D eigenvalue weighted by atomic mass is 127. The van der Waals surface area contributed by atoms with Crippen LogP contribution >= 0.6 is 22.6 Å². The molecule has 0 aliphatic rings. The fraction of sp³-hybridized carbons (Fsp3) is 1.00. The number of ether oxygens (including phenoxy) is 2. The van der Waals surface area contributed by atoms with Crippen molar-refractivity contribution in [1.82, 2.24) is 0 Å². The van der Waals surface area contributed by atoms with E-state index in [0.717, 1.165) is 24.1 Å². The summed E-state index contributed by atoms with van der Waals surface area (Å²) in [7, 11) is 0. The maximum absolute atomic E-state index is 5.30. The number of alkyl halides is 1. The molecule has 0 radical (unpaired) electrons. The highest BCUT2D eigenvalue weighted by Crippen LogP contribution is 1.96. The third-order valence-corrected chi connectivity index (χ3v) is 1.79. The van der Waals surface area contributed by atoms with E-state index in [4.69, 9.17) is 9.47 Å². The van der Waals surface area contributed by atoms with Gasteiger partial charge >= 0.3 is 0 Å². The summed E-state index contributed by atoms with van der Waals surface area (Å²) in [4.78, 5) is 0. The van der Waals surface area contributed by atoms with Gasteiger partial charge in [0.1, 0.15) is 0 Å². The largest absolute Gasteiger partial charge is 0.353 e. The van der Waals surface area contributed by atoms with Crippen LogP contribution in [0.5, 0.6) is 0 Å². The molecular formula is C7H15IO2. The van der Waals surface area contributed by atoms with Crippen LogP contribution in [0, 0.1) is 0 Å². The number of hydrogen-bond donors (Lipinski definition) is 0. The Bertz CT molecular complexity index is 68.6. The number of halogens is 1. The van der Waals surface area contributed by atoms with E-state index >= 15 is 0 Å². The van der Waals surface area contributed by atoms with Crippen molar-refractivity contribution in [3.8, 4) is 0 Å².